The third-order valence-corrected chi connectivity index (χ3v) is 3.33. The average molecular weight is 338 g/mol. The Labute approximate surface area is 116 Å². The van der Waals surface area contributed by atoms with E-state index in [1.165, 1.54) is 11.1 Å². The third-order valence-electron chi connectivity index (χ3n) is 2.90. The van der Waals surface area contributed by atoms with Crippen molar-refractivity contribution in [2.45, 2.75) is 18.6 Å². The molecule has 0 bridgehead atoms. The lowest BCUT2D eigenvalue weighted by Crippen LogP contribution is -2.32. The minimum absolute atomic E-state index is 0.224. The van der Waals surface area contributed by atoms with Gasteiger partial charge in [0.05, 0.1) is 5.56 Å². The number of hydrogen-bond acceptors (Lipinski definition) is 3. The summed E-state index contributed by atoms with van der Waals surface area (Å²) in [6, 6.07) is 0.290. The molecule has 1 saturated heterocycles. The van der Waals surface area contributed by atoms with Gasteiger partial charge in [0, 0.05) is 24.3 Å². The fourth-order valence-corrected chi connectivity index (χ4v) is 2.22. The maximum Gasteiger partial charge on any atom is 0.419 e. The molecule has 1 aromatic rings. The molecule has 0 aromatic carbocycles. The quantitative estimate of drug-likeness (QED) is 0.901. The van der Waals surface area contributed by atoms with Crippen LogP contribution in [-0.2, 0) is 11.0 Å². The first-order valence-corrected chi connectivity index (χ1v) is 6.32. The number of aromatic nitrogens is 1. The first-order chi connectivity index (χ1) is 8.79. The number of pyridine rings is 1. The molecule has 4 nitrogen and oxygen atoms in total. The Morgan fingerprint density at radius 1 is 1.53 bits per heavy atom. The van der Waals surface area contributed by atoms with Crippen molar-refractivity contribution in [1.29, 1.82) is 0 Å². The molecule has 1 aromatic heterocycles. The van der Waals surface area contributed by atoms with Crippen LogP contribution in [0.15, 0.2) is 16.7 Å². The van der Waals surface area contributed by atoms with E-state index in [0.717, 1.165) is 6.07 Å². The van der Waals surface area contributed by atoms with E-state index in [9.17, 15) is 18.0 Å². The molecule has 8 heteroatoms. The number of rotatable bonds is 2. The minimum atomic E-state index is -4.52. The molecule has 2 rings (SSSR count). The molecule has 1 amide bonds. The molecule has 0 aliphatic carbocycles. The Bertz CT molecular complexity index is 506. The predicted molar refractivity (Wildman–Crippen MR) is 66.6 cm³/mol. The maximum absolute atomic E-state index is 12.9. The number of anilines is 1. The van der Waals surface area contributed by atoms with Gasteiger partial charge in [-0.15, -0.1) is 0 Å². The normalized spacial score (nSPS) is 19.9. The van der Waals surface area contributed by atoms with E-state index < -0.39 is 17.8 Å². The summed E-state index contributed by atoms with van der Waals surface area (Å²) in [6.45, 7) is 0.522. The van der Waals surface area contributed by atoms with Crippen LogP contribution in [0.25, 0.3) is 0 Å². The molecule has 1 unspecified atom stereocenters. The summed E-state index contributed by atoms with van der Waals surface area (Å²) < 4.78 is 38.9. The molecule has 1 atom stereocenters. The van der Waals surface area contributed by atoms with Gasteiger partial charge in [0.2, 0.25) is 5.91 Å². The van der Waals surface area contributed by atoms with E-state index in [1.807, 2.05) is 0 Å². The van der Waals surface area contributed by atoms with Crippen LogP contribution in [0.1, 0.15) is 12.0 Å². The van der Waals surface area contributed by atoms with Gasteiger partial charge in [-0.1, -0.05) is 0 Å². The van der Waals surface area contributed by atoms with Crippen molar-refractivity contribution in [3.8, 4) is 0 Å². The lowest BCUT2D eigenvalue weighted by atomic mass is 10.2. The Morgan fingerprint density at radius 3 is 2.74 bits per heavy atom. The first kappa shape index (κ1) is 14.1. The molecule has 1 N–H and O–H groups in total. The fraction of sp³-hybridized carbons (Fsp3) is 0.455. The molecule has 104 valence electrons. The first-order valence-electron chi connectivity index (χ1n) is 5.53. The van der Waals surface area contributed by atoms with Crippen molar-refractivity contribution in [3.63, 3.8) is 0 Å². The summed E-state index contributed by atoms with van der Waals surface area (Å²) in [4.78, 5) is 16.9. The number of likely N-dealkylation sites (tertiary alicyclic amines) is 1. The predicted octanol–water partition coefficient (Wildman–Crippen LogP) is 2.51. The molecular weight excluding hydrogens is 327 g/mol. The minimum Gasteiger partial charge on any atom is -0.358 e. The SMILES string of the molecule is CN1CCC(Nc2ncc(Br)cc2C(F)(F)F)C1=O. The van der Waals surface area contributed by atoms with Gasteiger partial charge in [-0.25, -0.2) is 4.98 Å². The van der Waals surface area contributed by atoms with E-state index in [-0.39, 0.29) is 16.2 Å². The Balaban J connectivity index is 2.28. The van der Waals surface area contributed by atoms with Crippen LogP contribution in [0, 0.1) is 0 Å². The molecule has 0 spiro atoms. The summed E-state index contributed by atoms with van der Waals surface area (Å²) in [5.41, 5.74) is -0.885. The van der Waals surface area contributed by atoms with Crippen molar-refractivity contribution < 1.29 is 18.0 Å². The van der Waals surface area contributed by atoms with Crippen molar-refractivity contribution in [2.75, 3.05) is 18.9 Å². The van der Waals surface area contributed by atoms with Crippen LogP contribution in [0.3, 0.4) is 0 Å². The van der Waals surface area contributed by atoms with Crippen LogP contribution >= 0.6 is 15.9 Å². The molecule has 0 radical (unpaired) electrons. The highest BCUT2D eigenvalue weighted by Gasteiger charge is 2.37. The largest absolute Gasteiger partial charge is 0.419 e. The zero-order valence-corrected chi connectivity index (χ0v) is 11.5. The zero-order chi connectivity index (χ0) is 14.2. The second kappa shape index (κ2) is 4.99. The number of halogens is 4. The van der Waals surface area contributed by atoms with Gasteiger partial charge in [0.25, 0.3) is 0 Å². The van der Waals surface area contributed by atoms with Gasteiger partial charge >= 0.3 is 6.18 Å². The van der Waals surface area contributed by atoms with Crippen molar-refractivity contribution in [3.05, 3.63) is 22.3 Å². The van der Waals surface area contributed by atoms with Gasteiger partial charge in [-0.2, -0.15) is 13.2 Å². The number of carbonyl (C=O) groups excluding carboxylic acids is 1. The van der Waals surface area contributed by atoms with Crippen LogP contribution in [-0.4, -0.2) is 35.4 Å². The van der Waals surface area contributed by atoms with Gasteiger partial charge in [-0.05, 0) is 28.4 Å². The van der Waals surface area contributed by atoms with Crippen molar-refractivity contribution >= 4 is 27.7 Å². The van der Waals surface area contributed by atoms with Gasteiger partial charge in [0.1, 0.15) is 11.9 Å². The Kier molecular flexibility index (Phi) is 3.71. The number of amides is 1. The van der Waals surface area contributed by atoms with Crippen molar-refractivity contribution in [1.82, 2.24) is 9.88 Å². The number of nitrogens with one attached hydrogen (secondary N) is 1. The molecule has 1 fully saturated rings. The van der Waals surface area contributed by atoms with E-state index >= 15 is 0 Å². The molecule has 1 aliphatic rings. The standard InChI is InChI=1S/C11H11BrF3N3O/c1-18-3-2-8(10(18)19)17-9-7(11(13,14)15)4-6(12)5-16-9/h4-5,8H,2-3H2,1H3,(H,16,17). The van der Waals surface area contributed by atoms with Crippen LogP contribution in [0.2, 0.25) is 0 Å². The summed E-state index contributed by atoms with van der Waals surface area (Å²) in [6.07, 6.45) is -2.79. The van der Waals surface area contributed by atoms with Crippen LogP contribution in [0.4, 0.5) is 19.0 Å². The summed E-state index contributed by atoms with van der Waals surface area (Å²) >= 11 is 2.96. The fourth-order valence-electron chi connectivity index (χ4n) is 1.89. The highest BCUT2D eigenvalue weighted by atomic mass is 79.9. The number of carbonyl (C=O) groups is 1. The van der Waals surface area contributed by atoms with Gasteiger partial charge in [0.15, 0.2) is 0 Å². The lowest BCUT2D eigenvalue weighted by Gasteiger charge is -2.17. The molecule has 0 saturated carbocycles. The van der Waals surface area contributed by atoms with Gasteiger partial charge < -0.3 is 10.2 Å². The second-order valence-electron chi connectivity index (χ2n) is 4.29. The molecule has 19 heavy (non-hydrogen) atoms. The summed E-state index contributed by atoms with van der Waals surface area (Å²) in [5.74, 6) is -0.540. The Morgan fingerprint density at radius 2 is 2.21 bits per heavy atom. The smallest absolute Gasteiger partial charge is 0.358 e. The average Bonchev–Trinajstić information content (AvgIpc) is 2.62. The van der Waals surface area contributed by atoms with E-state index in [4.69, 9.17) is 0 Å². The van der Waals surface area contributed by atoms with E-state index in [0.29, 0.717) is 13.0 Å². The molecule has 1 aliphatic heterocycles. The van der Waals surface area contributed by atoms with E-state index in [2.05, 4.69) is 26.2 Å². The number of nitrogens with zero attached hydrogens (tertiary/aromatic N) is 2. The zero-order valence-electron chi connectivity index (χ0n) is 9.96. The third kappa shape index (κ3) is 2.99. The second-order valence-corrected chi connectivity index (χ2v) is 5.21. The van der Waals surface area contributed by atoms with Gasteiger partial charge in [-0.3, -0.25) is 4.79 Å². The highest BCUT2D eigenvalue weighted by Crippen LogP contribution is 2.35. The molecule has 2 heterocycles. The number of alkyl halides is 3. The number of hydrogen-bond donors (Lipinski definition) is 1. The van der Waals surface area contributed by atoms with Crippen LogP contribution in [0.5, 0.6) is 0 Å². The topological polar surface area (TPSA) is 45.2 Å². The maximum atomic E-state index is 12.9. The lowest BCUT2D eigenvalue weighted by molar-refractivity contribution is -0.137. The summed E-state index contributed by atoms with van der Waals surface area (Å²) in [5, 5.41) is 2.58. The monoisotopic (exact) mass is 337 g/mol. The van der Waals surface area contributed by atoms with Crippen molar-refractivity contribution in [2.24, 2.45) is 0 Å². The number of likely N-dealkylation sites (N-methyl/N-ethyl adjacent to an activating group) is 1. The summed E-state index contributed by atoms with van der Waals surface area (Å²) in [7, 11) is 1.61. The Hall–Kier alpha value is -1.31. The van der Waals surface area contributed by atoms with Crippen LogP contribution < -0.4 is 5.32 Å². The van der Waals surface area contributed by atoms with E-state index in [1.54, 1.807) is 7.05 Å². The highest BCUT2D eigenvalue weighted by molar-refractivity contribution is 9.10. The molecular formula is C11H11BrF3N3O.